The van der Waals surface area contributed by atoms with E-state index in [1.807, 2.05) is 25.3 Å². The van der Waals surface area contributed by atoms with Gasteiger partial charge in [0.1, 0.15) is 0 Å². The number of aromatic nitrogens is 1. The topological polar surface area (TPSA) is 45.1 Å². The van der Waals surface area contributed by atoms with Gasteiger partial charge in [0.25, 0.3) is 0 Å². The van der Waals surface area contributed by atoms with Crippen LogP contribution in [0, 0.1) is 6.92 Å². The number of hydrogen-bond acceptors (Lipinski definition) is 3. The van der Waals surface area contributed by atoms with Crippen LogP contribution >= 0.6 is 0 Å². The predicted octanol–water partition coefficient (Wildman–Crippen LogP) is 0.267. The number of aliphatic hydroxyl groups is 1. The number of rotatable bonds is 2. The molecule has 0 radical (unpaired) electrons. The van der Waals surface area contributed by atoms with Gasteiger partial charge in [-0.05, 0) is 18.6 Å². The Bertz CT molecular complexity index is 290. The molecule has 70 valence electrons. The van der Waals surface area contributed by atoms with Crippen LogP contribution in [-0.2, 0) is 6.42 Å². The summed E-state index contributed by atoms with van der Waals surface area (Å²) in [4.78, 5) is 4.19. The molecule has 13 heavy (non-hydrogen) atoms. The summed E-state index contributed by atoms with van der Waals surface area (Å²) in [6.45, 7) is 3.35. The molecule has 0 aliphatic carbocycles. The van der Waals surface area contributed by atoms with Gasteiger partial charge in [0, 0.05) is 31.4 Å². The van der Waals surface area contributed by atoms with Gasteiger partial charge in [-0.15, -0.1) is 0 Å². The van der Waals surface area contributed by atoms with Crippen molar-refractivity contribution in [1.29, 1.82) is 0 Å². The number of pyridine rings is 1. The average Bonchev–Trinajstić information content (AvgIpc) is 2.06. The number of nitrogens with one attached hydrogen (secondary N) is 1. The van der Waals surface area contributed by atoms with Gasteiger partial charge in [-0.1, -0.05) is 6.07 Å². The van der Waals surface area contributed by atoms with Crippen molar-refractivity contribution >= 4 is 0 Å². The molecule has 0 saturated carbocycles. The molecule has 1 aromatic rings. The summed E-state index contributed by atoms with van der Waals surface area (Å²) in [6, 6.07) is 4.00. The van der Waals surface area contributed by atoms with E-state index < -0.39 is 5.60 Å². The van der Waals surface area contributed by atoms with Crippen molar-refractivity contribution in [2.75, 3.05) is 13.1 Å². The summed E-state index contributed by atoms with van der Waals surface area (Å²) >= 11 is 0. The second-order valence-corrected chi connectivity index (χ2v) is 3.81. The summed E-state index contributed by atoms with van der Waals surface area (Å²) in [5, 5.41) is 12.9. The fourth-order valence-corrected chi connectivity index (χ4v) is 1.52. The molecule has 2 rings (SSSR count). The van der Waals surface area contributed by atoms with E-state index in [1.165, 1.54) is 0 Å². The first-order valence-corrected chi connectivity index (χ1v) is 4.53. The Morgan fingerprint density at radius 3 is 2.77 bits per heavy atom. The molecule has 3 heteroatoms. The van der Waals surface area contributed by atoms with E-state index in [9.17, 15) is 5.11 Å². The van der Waals surface area contributed by atoms with E-state index in [2.05, 4.69) is 10.3 Å². The Balaban J connectivity index is 2.05. The van der Waals surface area contributed by atoms with E-state index in [0.29, 0.717) is 19.5 Å². The molecule has 1 aliphatic rings. The van der Waals surface area contributed by atoms with Crippen LogP contribution in [0.1, 0.15) is 11.3 Å². The minimum Gasteiger partial charge on any atom is -0.387 e. The normalized spacial score (nSPS) is 19.5. The fraction of sp³-hybridized carbons (Fsp3) is 0.500. The zero-order valence-electron chi connectivity index (χ0n) is 7.75. The monoisotopic (exact) mass is 178 g/mol. The molecule has 1 aromatic heterocycles. The van der Waals surface area contributed by atoms with E-state index in [-0.39, 0.29) is 0 Å². The van der Waals surface area contributed by atoms with Crippen LogP contribution in [0.25, 0.3) is 0 Å². The lowest BCUT2D eigenvalue weighted by Gasteiger charge is -2.37. The van der Waals surface area contributed by atoms with Gasteiger partial charge < -0.3 is 10.4 Å². The maximum absolute atomic E-state index is 9.84. The van der Waals surface area contributed by atoms with Crippen molar-refractivity contribution in [2.45, 2.75) is 18.9 Å². The molecule has 1 fully saturated rings. The maximum Gasteiger partial charge on any atom is 0.0935 e. The first-order chi connectivity index (χ1) is 6.18. The van der Waals surface area contributed by atoms with Crippen LogP contribution in [0.15, 0.2) is 18.3 Å². The van der Waals surface area contributed by atoms with Crippen molar-refractivity contribution in [3.63, 3.8) is 0 Å². The molecule has 0 spiro atoms. The second-order valence-electron chi connectivity index (χ2n) is 3.81. The first-order valence-electron chi connectivity index (χ1n) is 4.53. The summed E-state index contributed by atoms with van der Waals surface area (Å²) in [6.07, 6.45) is 2.54. The highest BCUT2D eigenvalue weighted by molar-refractivity contribution is 5.17. The average molecular weight is 178 g/mol. The lowest BCUT2D eigenvalue weighted by molar-refractivity contribution is -0.00908. The molecular weight excluding hydrogens is 164 g/mol. The largest absolute Gasteiger partial charge is 0.387 e. The minimum absolute atomic E-state index is 0.531. The van der Waals surface area contributed by atoms with E-state index in [4.69, 9.17) is 0 Å². The molecule has 2 heterocycles. The number of hydrogen-bond donors (Lipinski definition) is 2. The standard InChI is InChI=1S/C10H14N2O/c1-8-2-3-9(5-12-8)4-10(13)6-11-7-10/h2-3,5,11,13H,4,6-7H2,1H3. The molecule has 0 atom stereocenters. The summed E-state index contributed by atoms with van der Waals surface area (Å²) in [7, 11) is 0. The second kappa shape index (κ2) is 3.09. The van der Waals surface area contributed by atoms with Crippen LogP contribution in [0.4, 0.5) is 0 Å². The Kier molecular flexibility index (Phi) is 2.06. The van der Waals surface area contributed by atoms with Gasteiger partial charge in [-0.3, -0.25) is 4.98 Å². The van der Waals surface area contributed by atoms with Crippen LogP contribution in [0.3, 0.4) is 0 Å². The Hall–Kier alpha value is -0.930. The van der Waals surface area contributed by atoms with Gasteiger partial charge >= 0.3 is 0 Å². The number of nitrogens with zero attached hydrogens (tertiary/aromatic N) is 1. The summed E-state index contributed by atoms with van der Waals surface area (Å²) < 4.78 is 0. The third-order valence-electron chi connectivity index (χ3n) is 2.41. The van der Waals surface area contributed by atoms with Crippen molar-refractivity contribution in [2.24, 2.45) is 0 Å². The molecule has 3 nitrogen and oxygen atoms in total. The molecule has 1 aliphatic heterocycles. The molecular formula is C10H14N2O. The smallest absolute Gasteiger partial charge is 0.0935 e. The zero-order valence-corrected chi connectivity index (χ0v) is 7.75. The van der Waals surface area contributed by atoms with E-state index in [1.54, 1.807) is 0 Å². The number of β-amino-alcohol motifs (C(OH)–C–C–N with tert-alkyl or cyclic N) is 1. The highest BCUT2D eigenvalue weighted by Gasteiger charge is 2.34. The third-order valence-corrected chi connectivity index (χ3v) is 2.41. The lowest BCUT2D eigenvalue weighted by Crippen LogP contribution is -2.60. The summed E-state index contributed by atoms with van der Waals surface area (Å²) in [5.41, 5.74) is 1.59. The third kappa shape index (κ3) is 1.87. The van der Waals surface area contributed by atoms with Crippen molar-refractivity contribution in [3.05, 3.63) is 29.6 Å². The van der Waals surface area contributed by atoms with Crippen molar-refractivity contribution < 1.29 is 5.11 Å². The quantitative estimate of drug-likeness (QED) is 0.683. The minimum atomic E-state index is -0.531. The van der Waals surface area contributed by atoms with Gasteiger partial charge in [0.05, 0.1) is 5.60 Å². The van der Waals surface area contributed by atoms with Gasteiger partial charge in [0.15, 0.2) is 0 Å². The van der Waals surface area contributed by atoms with Crippen LogP contribution in [0.2, 0.25) is 0 Å². The lowest BCUT2D eigenvalue weighted by atomic mass is 9.90. The molecule has 2 N–H and O–H groups in total. The fourth-order valence-electron chi connectivity index (χ4n) is 1.52. The summed E-state index contributed by atoms with van der Waals surface area (Å²) in [5.74, 6) is 0. The van der Waals surface area contributed by atoms with Crippen LogP contribution in [0.5, 0.6) is 0 Å². The first kappa shape index (κ1) is 8.66. The molecule has 0 bridgehead atoms. The zero-order chi connectivity index (χ0) is 9.31. The molecule has 0 unspecified atom stereocenters. The van der Waals surface area contributed by atoms with Crippen LogP contribution in [-0.4, -0.2) is 28.8 Å². The van der Waals surface area contributed by atoms with Gasteiger partial charge in [0.2, 0.25) is 0 Å². The van der Waals surface area contributed by atoms with E-state index in [0.717, 1.165) is 11.3 Å². The number of aryl methyl sites for hydroxylation is 1. The molecule has 0 amide bonds. The van der Waals surface area contributed by atoms with E-state index >= 15 is 0 Å². The van der Waals surface area contributed by atoms with Crippen molar-refractivity contribution in [1.82, 2.24) is 10.3 Å². The SMILES string of the molecule is Cc1ccc(CC2(O)CNC2)cn1. The Morgan fingerprint density at radius 2 is 2.31 bits per heavy atom. The highest BCUT2D eigenvalue weighted by Crippen LogP contribution is 2.16. The van der Waals surface area contributed by atoms with Crippen molar-refractivity contribution in [3.8, 4) is 0 Å². The molecule has 0 aromatic carbocycles. The maximum atomic E-state index is 9.84. The Labute approximate surface area is 77.8 Å². The Morgan fingerprint density at radius 1 is 1.54 bits per heavy atom. The highest BCUT2D eigenvalue weighted by atomic mass is 16.3. The predicted molar refractivity (Wildman–Crippen MR) is 50.5 cm³/mol. The van der Waals surface area contributed by atoms with Gasteiger partial charge in [-0.2, -0.15) is 0 Å². The van der Waals surface area contributed by atoms with Crippen LogP contribution < -0.4 is 5.32 Å². The molecule has 1 saturated heterocycles. The van der Waals surface area contributed by atoms with Gasteiger partial charge in [-0.25, -0.2) is 0 Å².